The molecule has 11 heavy (non-hydrogen) atoms. The van der Waals surface area contributed by atoms with E-state index in [1.807, 2.05) is 6.07 Å². The number of rotatable bonds is 2. The Hall–Kier alpha value is -0.150. The van der Waals surface area contributed by atoms with Crippen LogP contribution in [0.2, 0.25) is 0 Å². The van der Waals surface area contributed by atoms with Crippen LogP contribution in [0.25, 0.3) is 0 Å². The van der Waals surface area contributed by atoms with E-state index in [0.29, 0.717) is 10.2 Å². The predicted molar refractivity (Wildman–Crippen MR) is 46.1 cm³/mol. The second-order valence-corrected chi connectivity index (χ2v) is 3.32. The van der Waals surface area contributed by atoms with Gasteiger partial charge >= 0.3 is 8.60 Å². The Balaban J connectivity index is 2.78. The highest BCUT2D eigenvalue weighted by molar-refractivity contribution is 9.10. The van der Waals surface area contributed by atoms with Crippen LogP contribution in [0.15, 0.2) is 28.7 Å². The van der Waals surface area contributed by atoms with Crippen LogP contribution in [-0.2, 0) is 0 Å². The Bertz CT molecular complexity index is 241. The molecule has 0 unspecified atom stereocenters. The topological polar surface area (TPSA) is 49.7 Å². The van der Waals surface area contributed by atoms with Gasteiger partial charge in [-0.2, -0.15) is 0 Å². The highest BCUT2D eigenvalue weighted by Crippen LogP contribution is 2.33. The van der Waals surface area contributed by atoms with E-state index in [2.05, 4.69) is 20.5 Å². The lowest BCUT2D eigenvalue weighted by atomic mass is 10.3. The molecule has 3 nitrogen and oxygen atoms in total. The molecule has 0 heterocycles. The van der Waals surface area contributed by atoms with Crippen LogP contribution < -0.4 is 4.52 Å². The second-order valence-electron chi connectivity index (χ2n) is 1.77. The van der Waals surface area contributed by atoms with Crippen molar-refractivity contribution in [3.05, 3.63) is 28.7 Å². The molecule has 0 atom stereocenters. The molecular weight excluding hydrogens is 231 g/mol. The van der Waals surface area contributed by atoms with E-state index in [9.17, 15) is 0 Å². The maximum atomic E-state index is 8.51. The molecule has 5 heteroatoms. The zero-order valence-corrected chi connectivity index (χ0v) is 7.92. The summed E-state index contributed by atoms with van der Waals surface area (Å²) in [6.45, 7) is 0. The first-order valence-electron chi connectivity index (χ1n) is 2.80. The molecule has 1 aromatic rings. The standard InChI is InChI=1S/C6H6BrO3P/c7-5-3-1-2-4-6(5)10-11(8)9/h1-4,8-9H. The minimum Gasteiger partial charge on any atom is -0.426 e. The fourth-order valence-electron chi connectivity index (χ4n) is 0.607. The molecule has 0 amide bonds. The van der Waals surface area contributed by atoms with E-state index in [4.69, 9.17) is 9.79 Å². The quantitative estimate of drug-likeness (QED) is 0.773. The third kappa shape index (κ3) is 2.75. The van der Waals surface area contributed by atoms with Gasteiger partial charge < -0.3 is 14.3 Å². The van der Waals surface area contributed by atoms with Crippen molar-refractivity contribution in [1.29, 1.82) is 0 Å². The van der Waals surface area contributed by atoms with Crippen molar-refractivity contribution in [3.63, 3.8) is 0 Å². The van der Waals surface area contributed by atoms with Crippen LogP contribution >= 0.6 is 24.5 Å². The number of halogens is 1. The molecule has 0 spiro atoms. The molecule has 0 aromatic heterocycles. The fourth-order valence-corrected chi connectivity index (χ4v) is 1.43. The van der Waals surface area contributed by atoms with Gasteiger partial charge in [-0.25, -0.2) is 0 Å². The van der Waals surface area contributed by atoms with E-state index in [1.54, 1.807) is 18.2 Å². The molecule has 0 saturated carbocycles. The molecular formula is C6H6BrO3P. The first kappa shape index (κ1) is 8.94. The summed E-state index contributed by atoms with van der Waals surface area (Å²) in [5.41, 5.74) is 0. The molecule has 60 valence electrons. The summed E-state index contributed by atoms with van der Waals surface area (Å²) in [7, 11) is -2.32. The third-order valence-electron chi connectivity index (χ3n) is 1.02. The average Bonchev–Trinajstić information content (AvgIpc) is 1.93. The first-order chi connectivity index (χ1) is 5.20. The summed E-state index contributed by atoms with van der Waals surface area (Å²) < 4.78 is 5.38. The Morgan fingerprint density at radius 1 is 1.27 bits per heavy atom. The predicted octanol–water partition coefficient (Wildman–Crippen LogP) is 2.04. The number of hydrogen-bond donors (Lipinski definition) is 2. The molecule has 0 aliphatic rings. The minimum absolute atomic E-state index is 0.434. The van der Waals surface area contributed by atoms with Crippen molar-refractivity contribution in [2.45, 2.75) is 0 Å². The average molecular weight is 237 g/mol. The Kier molecular flexibility index (Phi) is 3.27. The Morgan fingerprint density at radius 3 is 2.45 bits per heavy atom. The van der Waals surface area contributed by atoms with Crippen molar-refractivity contribution >= 4 is 24.5 Å². The maximum Gasteiger partial charge on any atom is 0.391 e. The summed E-state index contributed by atoms with van der Waals surface area (Å²) >= 11 is 3.19. The van der Waals surface area contributed by atoms with Gasteiger partial charge in [0.2, 0.25) is 0 Å². The summed E-state index contributed by atoms with van der Waals surface area (Å²) in [5.74, 6) is 0.434. The van der Waals surface area contributed by atoms with Gasteiger partial charge in [0.15, 0.2) is 0 Å². The van der Waals surface area contributed by atoms with Crippen molar-refractivity contribution in [2.75, 3.05) is 0 Å². The van der Waals surface area contributed by atoms with Crippen LogP contribution in [-0.4, -0.2) is 9.79 Å². The molecule has 2 N–H and O–H groups in total. The monoisotopic (exact) mass is 236 g/mol. The van der Waals surface area contributed by atoms with Crippen molar-refractivity contribution in [1.82, 2.24) is 0 Å². The van der Waals surface area contributed by atoms with Crippen LogP contribution in [0.5, 0.6) is 5.75 Å². The van der Waals surface area contributed by atoms with E-state index in [-0.39, 0.29) is 0 Å². The van der Waals surface area contributed by atoms with E-state index in [0.717, 1.165) is 0 Å². The second kappa shape index (κ2) is 4.02. The molecule has 0 saturated heterocycles. The maximum absolute atomic E-state index is 8.51. The minimum atomic E-state index is -2.32. The molecule has 0 bridgehead atoms. The zero-order chi connectivity index (χ0) is 8.27. The Labute approximate surface area is 73.8 Å². The first-order valence-corrected chi connectivity index (χ1v) is 4.76. The van der Waals surface area contributed by atoms with Gasteiger partial charge in [-0.1, -0.05) is 12.1 Å². The summed E-state index contributed by atoms with van der Waals surface area (Å²) in [6.07, 6.45) is 0. The normalized spacial score (nSPS) is 10.2. The summed E-state index contributed by atoms with van der Waals surface area (Å²) in [6, 6.07) is 6.97. The number of para-hydroxylation sites is 1. The molecule has 1 aromatic carbocycles. The highest BCUT2D eigenvalue weighted by Gasteiger charge is 2.04. The van der Waals surface area contributed by atoms with Gasteiger partial charge in [0.1, 0.15) is 5.75 Å². The summed E-state index contributed by atoms with van der Waals surface area (Å²) in [5, 5.41) is 0. The van der Waals surface area contributed by atoms with Gasteiger partial charge in [-0.3, -0.25) is 0 Å². The van der Waals surface area contributed by atoms with Gasteiger partial charge in [0.25, 0.3) is 0 Å². The lowest BCUT2D eigenvalue weighted by molar-refractivity contribution is 0.374. The Morgan fingerprint density at radius 2 is 1.91 bits per heavy atom. The molecule has 0 aliphatic carbocycles. The van der Waals surface area contributed by atoms with E-state index < -0.39 is 8.60 Å². The molecule has 1 rings (SSSR count). The smallest absolute Gasteiger partial charge is 0.391 e. The molecule has 0 aliphatic heterocycles. The third-order valence-corrected chi connectivity index (χ3v) is 2.03. The van der Waals surface area contributed by atoms with Crippen LogP contribution in [0.4, 0.5) is 0 Å². The van der Waals surface area contributed by atoms with Crippen molar-refractivity contribution in [2.24, 2.45) is 0 Å². The van der Waals surface area contributed by atoms with Crippen LogP contribution in [0.1, 0.15) is 0 Å². The molecule has 0 fully saturated rings. The van der Waals surface area contributed by atoms with Crippen LogP contribution in [0, 0.1) is 0 Å². The lowest BCUT2D eigenvalue weighted by Crippen LogP contribution is -1.84. The SMILES string of the molecule is OP(O)Oc1ccccc1Br. The largest absolute Gasteiger partial charge is 0.426 e. The fraction of sp³-hybridized carbons (Fsp3) is 0. The van der Waals surface area contributed by atoms with Gasteiger partial charge in [-0.15, -0.1) is 0 Å². The lowest BCUT2D eigenvalue weighted by Gasteiger charge is -2.05. The summed E-state index contributed by atoms with van der Waals surface area (Å²) in [4.78, 5) is 17.0. The highest BCUT2D eigenvalue weighted by atomic mass is 79.9. The van der Waals surface area contributed by atoms with Crippen molar-refractivity contribution < 1.29 is 14.3 Å². The van der Waals surface area contributed by atoms with Crippen molar-refractivity contribution in [3.8, 4) is 5.75 Å². The van der Waals surface area contributed by atoms with Crippen LogP contribution in [0.3, 0.4) is 0 Å². The van der Waals surface area contributed by atoms with E-state index in [1.165, 1.54) is 0 Å². The van der Waals surface area contributed by atoms with E-state index >= 15 is 0 Å². The number of hydrogen-bond acceptors (Lipinski definition) is 3. The molecule has 0 radical (unpaired) electrons. The zero-order valence-electron chi connectivity index (χ0n) is 5.44. The van der Waals surface area contributed by atoms with Gasteiger partial charge in [-0.05, 0) is 28.1 Å². The van der Waals surface area contributed by atoms with Gasteiger partial charge in [0, 0.05) is 0 Å². The number of benzene rings is 1. The van der Waals surface area contributed by atoms with Gasteiger partial charge in [0.05, 0.1) is 4.47 Å².